The van der Waals surface area contributed by atoms with Crippen molar-refractivity contribution in [3.05, 3.63) is 0 Å². The van der Waals surface area contributed by atoms with Crippen LogP contribution in [0.1, 0.15) is 47.5 Å². The summed E-state index contributed by atoms with van der Waals surface area (Å²) in [7, 11) is 0. The van der Waals surface area contributed by atoms with E-state index in [1.54, 1.807) is 0 Å². The summed E-state index contributed by atoms with van der Waals surface area (Å²) >= 11 is 0. The number of likely N-dealkylation sites (tertiary alicyclic amines) is 1. The van der Waals surface area contributed by atoms with Crippen molar-refractivity contribution in [2.75, 3.05) is 45.9 Å². The number of piperidine rings is 1. The lowest BCUT2D eigenvalue weighted by molar-refractivity contribution is -0.00738. The van der Waals surface area contributed by atoms with Gasteiger partial charge in [0.2, 0.25) is 0 Å². The normalized spacial score (nSPS) is 22.2. The molecule has 0 radical (unpaired) electrons. The minimum absolute atomic E-state index is 0.165. The summed E-state index contributed by atoms with van der Waals surface area (Å²) in [6.07, 6.45) is 1.97. The Morgan fingerprint density at radius 3 is 2.13 bits per heavy atom. The Morgan fingerprint density at radius 1 is 1.04 bits per heavy atom. The van der Waals surface area contributed by atoms with Crippen LogP contribution < -0.4 is 0 Å². The second kappa shape index (κ2) is 7.39. The molecule has 1 amide bonds. The van der Waals surface area contributed by atoms with Crippen molar-refractivity contribution >= 4 is 6.09 Å². The molecule has 2 saturated heterocycles. The largest absolute Gasteiger partial charge is 0.444 e. The third-order valence-corrected chi connectivity index (χ3v) is 4.99. The van der Waals surface area contributed by atoms with E-state index in [4.69, 9.17) is 9.47 Å². The number of carbonyl (C=O) groups is 1. The third kappa shape index (κ3) is 5.64. The van der Waals surface area contributed by atoms with E-state index in [2.05, 4.69) is 18.7 Å². The van der Waals surface area contributed by atoms with Gasteiger partial charge in [0.15, 0.2) is 0 Å². The predicted molar refractivity (Wildman–Crippen MR) is 91.6 cm³/mol. The van der Waals surface area contributed by atoms with Gasteiger partial charge < -0.3 is 14.4 Å². The first-order valence-electron chi connectivity index (χ1n) is 8.95. The zero-order valence-electron chi connectivity index (χ0n) is 15.6. The number of amides is 1. The van der Waals surface area contributed by atoms with Crippen LogP contribution in [0.2, 0.25) is 0 Å². The van der Waals surface area contributed by atoms with E-state index in [9.17, 15) is 4.79 Å². The summed E-state index contributed by atoms with van der Waals surface area (Å²) in [6, 6.07) is 0. The van der Waals surface area contributed by atoms with Crippen LogP contribution in [-0.4, -0.2) is 67.4 Å². The summed E-state index contributed by atoms with van der Waals surface area (Å²) in [6.45, 7) is 17.0. The maximum atomic E-state index is 12.2. The number of hydrogen-bond acceptors (Lipinski definition) is 4. The number of nitrogens with zero attached hydrogens (tertiary/aromatic N) is 2. The van der Waals surface area contributed by atoms with Gasteiger partial charge in [-0.05, 0) is 44.9 Å². The van der Waals surface area contributed by atoms with Gasteiger partial charge >= 0.3 is 6.09 Å². The average Bonchev–Trinajstić information content (AvgIpc) is 2.46. The molecule has 5 nitrogen and oxygen atoms in total. The molecule has 2 rings (SSSR count). The highest BCUT2D eigenvalue weighted by Gasteiger charge is 2.36. The second-order valence-corrected chi connectivity index (χ2v) is 8.62. The van der Waals surface area contributed by atoms with Crippen molar-refractivity contribution in [1.82, 2.24) is 9.80 Å². The van der Waals surface area contributed by atoms with E-state index in [-0.39, 0.29) is 11.5 Å². The minimum Gasteiger partial charge on any atom is -0.444 e. The van der Waals surface area contributed by atoms with Crippen LogP contribution >= 0.6 is 0 Å². The number of ether oxygens (including phenoxy) is 2. The van der Waals surface area contributed by atoms with Crippen LogP contribution in [-0.2, 0) is 9.47 Å². The maximum Gasteiger partial charge on any atom is 0.410 e. The maximum absolute atomic E-state index is 12.2. The van der Waals surface area contributed by atoms with Crippen LogP contribution in [0.15, 0.2) is 0 Å². The molecule has 0 atom stereocenters. The van der Waals surface area contributed by atoms with Crippen LogP contribution in [0.25, 0.3) is 0 Å². The molecule has 0 bridgehead atoms. The molecule has 0 saturated carbocycles. The summed E-state index contributed by atoms with van der Waals surface area (Å²) in [5.74, 6) is 0.657. The lowest BCUT2D eigenvalue weighted by Gasteiger charge is -2.43. The number of hydrogen-bond donors (Lipinski definition) is 0. The number of morpholine rings is 1. The van der Waals surface area contributed by atoms with E-state index in [1.165, 1.54) is 0 Å². The molecular formula is C18H34N2O3. The fourth-order valence-corrected chi connectivity index (χ4v) is 3.63. The molecule has 134 valence electrons. The molecule has 0 unspecified atom stereocenters. The van der Waals surface area contributed by atoms with E-state index >= 15 is 0 Å². The fraction of sp³-hybridized carbons (Fsp3) is 0.944. The lowest BCUT2D eigenvalue weighted by Crippen LogP contribution is -2.48. The summed E-state index contributed by atoms with van der Waals surface area (Å²) in [5.41, 5.74) is -0.138. The van der Waals surface area contributed by atoms with Gasteiger partial charge in [-0.2, -0.15) is 0 Å². The predicted octanol–water partition coefficient (Wildman–Crippen LogP) is 2.99. The van der Waals surface area contributed by atoms with E-state index in [1.807, 2.05) is 25.7 Å². The van der Waals surface area contributed by atoms with E-state index in [0.29, 0.717) is 5.92 Å². The quantitative estimate of drug-likeness (QED) is 0.799. The smallest absolute Gasteiger partial charge is 0.410 e. The highest BCUT2D eigenvalue weighted by molar-refractivity contribution is 5.68. The molecule has 23 heavy (non-hydrogen) atoms. The Morgan fingerprint density at radius 2 is 1.61 bits per heavy atom. The van der Waals surface area contributed by atoms with Gasteiger partial charge in [0.25, 0.3) is 0 Å². The van der Waals surface area contributed by atoms with Crippen molar-refractivity contribution in [3.8, 4) is 0 Å². The van der Waals surface area contributed by atoms with Crippen molar-refractivity contribution < 1.29 is 14.3 Å². The van der Waals surface area contributed by atoms with Gasteiger partial charge in [0.1, 0.15) is 5.60 Å². The minimum atomic E-state index is -0.413. The topological polar surface area (TPSA) is 42.0 Å². The van der Waals surface area contributed by atoms with Crippen LogP contribution in [0, 0.1) is 11.3 Å². The average molecular weight is 326 g/mol. The van der Waals surface area contributed by atoms with Crippen molar-refractivity contribution in [2.24, 2.45) is 11.3 Å². The van der Waals surface area contributed by atoms with Gasteiger partial charge in [0.05, 0.1) is 13.2 Å². The summed E-state index contributed by atoms with van der Waals surface area (Å²) in [4.78, 5) is 16.6. The van der Waals surface area contributed by atoms with E-state index in [0.717, 1.165) is 58.8 Å². The molecule has 0 aliphatic carbocycles. The van der Waals surface area contributed by atoms with E-state index < -0.39 is 5.60 Å². The first kappa shape index (κ1) is 18.5. The molecule has 2 fully saturated rings. The molecule has 0 aromatic rings. The molecule has 2 heterocycles. The number of carbonyl (C=O) groups excluding carboxylic acids is 1. The second-order valence-electron chi connectivity index (χ2n) is 8.62. The Kier molecular flexibility index (Phi) is 5.95. The summed E-state index contributed by atoms with van der Waals surface area (Å²) in [5, 5.41) is 0. The zero-order valence-corrected chi connectivity index (χ0v) is 15.6. The van der Waals surface area contributed by atoms with Gasteiger partial charge in [-0.25, -0.2) is 4.79 Å². The Labute approximate surface area is 141 Å². The molecule has 0 aromatic heterocycles. The molecule has 5 heteroatoms. The first-order valence-corrected chi connectivity index (χ1v) is 8.95. The molecule has 0 spiro atoms. The van der Waals surface area contributed by atoms with Gasteiger partial charge in [-0.1, -0.05) is 13.8 Å². The highest BCUT2D eigenvalue weighted by atomic mass is 16.6. The molecule has 2 aliphatic heterocycles. The Hall–Kier alpha value is -0.810. The van der Waals surface area contributed by atoms with Crippen LogP contribution in [0.5, 0.6) is 0 Å². The highest BCUT2D eigenvalue weighted by Crippen LogP contribution is 2.36. The molecule has 2 aliphatic rings. The van der Waals surface area contributed by atoms with Crippen LogP contribution in [0.4, 0.5) is 4.79 Å². The SMILES string of the molecule is CC(C)(C)OC(=O)N1CCC(C(C)(C)CN2CCOCC2)CC1. The standard InChI is InChI=1S/C18H34N2O3/c1-17(2,3)23-16(21)20-8-6-15(7-9-20)18(4,5)14-19-10-12-22-13-11-19/h15H,6-14H2,1-5H3. The summed E-state index contributed by atoms with van der Waals surface area (Å²) < 4.78 is 10.9. The number of rotatable bonds is 3. The Balaban J connectivity index is 1.81. The lowest BCUT2D eigenvalue weighted by atomic mass is 9.73. The molecule has 0 N–H and O–H groups in total. The zero-order chi connectivity index (χ0) is 17.1. The molecule has 0 aromatic carbocycles. The van der Waals surface area contributed by atoms with Crippen molar-refractivity contribution in [3.63, 3.8) is 0 Å². The van der Waals surface area contributed by atoms with Crippen LogP contribution in [0.3, 0.4) is 0 Å². The van der Waals surface area contributed by atoms with Crippen molar-refractivity contribution in [2.45, 2.75) is 53.1 Å². The Bertz CT molecular complexity index is 390. The first-order chi connectivity index (χ1) is 10.7. The monoisotopic (exact) mass is 326 g/mol. The fourth-order valence-electron chi connectivity index (χ4n) is 3.63. The van der Waals surface area contributed by atoms with Gasteiger partial charge in [-0.3, -0.25) is 4.90 Å². The molecular weight excluding hydrogens is 292 g/mol. The van der Waals surface area contributed by atoms with Crippen molar-refractivity contribution in [1.29, 1.82) is 0 Å². The van der Waals surface area contributed by atoms with Gasteiger partial charge in [0, 0.05) is 32.7 Å². The van der Waals surface area contributed by atoms with Gasteiger partial charge in [-0.15, -0.1) is 0 Å². The third-order valence-electron chi connectivity index (χ3n) is 4.99.